The van der Waals surface area contributed by atoms with Crippen LogP contribution < -0.4 is 5.73 Å². The molecule has 0 aromatic carbocycles. The third-order valence-electron chi connectivity index (χ3n) is 1.92. The lowest BCUT2D eigenvalue weighted by Gasteiger charge is -2.05. The number of unbranched alkanes of at least 4 members (excludes halogenated alkanes) is 1. The standard InChI is InChI=1S/C10H14N4S2/c1-3-4-5-16-10-13-8(12)7(6-11)9(14-10)15-2/h3-5H2,1-2H3,(H2,12,13,14). The summed E-state index contributed by atoms with van der Waals surface area (Å²) in [5.41, 5.74) is 6.09. The Kier molecular flexibility index (Phi) is 5.43. The van der Waals surface area contributed by atoms with Gasteiger partial charge in [0, 0.05) is 5.75 Å². The van der Waals surface area contributed by atoms with E-state index in [0.29, 0.717) is 15.7 Å². The molecule has 0 atom stereocenters. The van der Waals surface area contributed by atoms with E-state index in [-0.39, 0.29) is 5.82 Å². The molecule has 4 nitrogen and oxygen atoms in total. The molecule has 0 saturated carbocycles. The molecule has 0 aliphatic heterocycles. The quantitative estimate of drug-likeness (QED) is 0.376. The van der Waals surface area contributed by atoms with Gasteiger partial charge in [0.05, 0.1) is 0 Å². The zero-order valence-corrected chi connectivity index (χ0v) is 11.0. The number of anilines is 1. The van der Waals surface area contributed by atoms with Crippen LogP contribution in [-0.2, 0) is 0 Å². The molecule has 1 aromatic heterocycles. The van der Waals surface area contributed by atoms with Crippen molar-refractivity contribution in [3.63, 3.8) is 0 Å². The highest BCUT2D eigenvalue weighted by molar-refractivity contribution is 7.99. The highest BCUT2D eigenvalue weighted by atomic mass is 32.2. The Hall–Kier alpha value is -0.930. The van der Waals surface area contributed by atoms with Gasteiger partial charge >= 0.3 is 0 Å². The lowest BCUT2D eigenvalue weighted by Crippen LogP contribution is -2.01. The summed E-state index contributed by atoms with van der Waals surface area (Å²) in [4.78, 5) is 8.43. The highest BCUT2D eigenvalue weighted by Gasteiger charge is 2.11. The van der Waals surface area contributed by atoms with Crippen LogP contribution in [0.4, 0.5) is 5.82 Å². The minimum atomic E-state index is 0.279. The Balaban J connectivity index is 2.89. The van der Waals surface area contributed by atoms with E-state index in [0.717, 1.165) is 18.6 Å². The van der Waals surface area contributed by atoms with Gasteiger partial charge in [-0.1, -0.05) is 25.1 Å². The Morgan fingerprint density at radius 2 is 2.19 bits per heavy atom. The fourth-order valence-corrected chi connectivity index (χ4v) is 2.59. The molecule has 0 aliphatic rings. The summed E-state index contributed by atoms with van der Waals surface area (Å²) in [6.45, 7) is 2.14. The number of nitrogens with zero attached hydrogens (tertiary/aromatic N) is 3. The second-order valence-corrected chi connectivity index (χ2v) is 4.95. The molecular formula is C10H14N4S2. The van der Waals surface area contributed by atoms with Crippen LogP contribution in [0.15, 0.2) is 10.2 Å². The Morgan fingerprint density at radius 1 is 1.44 bits per heavy atom. The molecule has 0 amide bonds. The van der Waals surface area contributed by atoms with Crippen LogP contribution in [0.3, 0.4) is 0 Å². The van der Waals surface area contributed by atoms with Crippen molar-refractivity contribution in [3.05, 3.63) is 5.56 Å². The summed E-state index contributed by atoms with van der Waals surface area (Å²) in [5.74, 6) is 1.26. The molecular weight excluding hydrogens is 240 g/mol. The van der Waals surface area contributed by atoms with Crippen LogP contribution >= 0.6 is 23.5 Å². The van der Waals surface area contributed by atoms with Gasteiger partial charge in [-0.05, 0) is 12.7 Å². The first-order chi connectivity index (χ1) is 7.72. The van der Waals surface area contributed by atoms with Crippen molar-refractivity contribution < 1.29 is 0 Å². The van der Waals surface area contributed by atoms with Gasteiger partial charge in [0.25, 0.3) is 0 Å². The van der Waals surface area contributed by atoms with Gasteiger partial charge in [-0.25, -0.2) is 9.97 Å². The normalized spacial score (nSPS) is 10.1. The maximum absolute atomic E-state index is 8.91. The number of nitriles is 1. The third kappa shape index (κ3) is 3.29. The zero-order valence-electron chi connectivity index (χ0n) is 9.36. The molecule has 1 aromatic rings. The second-order valence-electron chi connectivity index (χ2n) is 3.09. The van der Waals surface area contributed by atoms with Crippen molar-refractivity contribution in [2.45, 2.75) is 29.9 Å². The van der Waals surface area contributed by atoms with E-state index in [1.54, 1.807) is 11.8 Å². The summed E-state index contributed by atoms with van der Waals surface area (Å²) in [6.07, 6.45) is 4.15. The number of nitrogens with two attached hydrogens (primary N) is 1. The summed E-state index contributed by atoms with van der Waals surface area (Å²) in [5, 5.41) is 10.2. The molecule has 0 bridgehead atoms. The van der Waals surface area contributed by atoms with Gasteiger partial charge in [0.1, 0.15) is 22.5 Å². The second kappa shape index (κ2) is 6.61. The molecule has 1 heterocycles. The van der Waals surface area contributed by atoms with Crippen molar-refractivity contribution in [1.82, 2.24) is 9.97 Å². The fourth-order valence-electron chi connectivity index (χ4n) is 1.06. The predicted molar refractivity (Wildman–Crippen MR) is 68.6 cm³/mol. The first-order valence-electron chi connectivity index (χ1n) is 4.97. The molecule has 6 heteroatoms. The summed E-state index contributed by atoms with van der Waals surface area (Å²) in [7, 11) is 0. The van der Waals surface area contributed by atoms with E-state index in [9.17, 15) is 0 Å². The van der Waals surface area contributed by atoms with E-state index >= 15 is 0 Å². The molecule has 16 heavy (non-hydrogen) atoms. The molecule has 0 fully saturated rings. The average Bonchev–Trinajstić information content (AvgIpc) is 2.28. The Labute approximate surface area is 104 Å². The SMILES string of the molecule is CCCCSc1nc(N)c(C#N)c(SC)n1. The van der Waals surface area contributed by atoms with Gasteiger partial charge in [0.2, 0.25) is 0 Å². The molecule has 86 valence electrons. The van der Waals surface area contributed by atoms with E-state index in [1.165, 1.54) is 11.8 Å². The van der Waals surface area contributed by atoms with Crippen LogP contribution in [0.25, 0.3) is 0 Å². The minimum absolute atomic E-state index is 0.279. The van der Waals surface area contributed by atoms with Crippen molar-refractivity contribution in [3.8, 4) is 6.07 Å². The molecule has 0 radical (unpaired) electrons. The van der Waals surface area contributed by atoms with E-state index in [4.69, 9.17) is 11.0 Å². The minimum Gasteiger partial charge on any atom is -0.382 e. The molecule has 0 aliphatic carbocycles. The average molecular weight is 254 g/mol. The first-order valence-corrected chi connectivity index (χ1v) is 7.18. The number of aromatic nitrogens is 2. The van der Waals surface area contributed by atoms with Gasteiger partial charge < -0.3 is 5.73 Å². The number of rotatable bonds is 5. The van der Waals surface area contributed by atoms with Crippen LogP contribution in [0.1, 0.15) is 25.3 Å². The molecule has 0 unspecified atom stereocenters. The topological polar surface area (TPSA) is 75.6 Å². The van der Waals surface area contributed by atoms with Crippen LogP contribution in [0.5, 0.6) is 0 Å². The van der Waals surface area contributed by atoms with Gasteiger partial charge in [-0.3, -0.25) is 0 Å². The number of nitrogen functional groups attached to an aromatic ring is 1. The van der Waals surface area contributed by atoms with Gasteiger partial charge in [-0.15, -0.1) is 11.8 Å². The number of hydrogen-bond acceptors (Lipinski definition) is 6. The summed E-state index contributed by atoms with van der Waals surface area (Å²) >= 11 is 3.00. The third-order valence-corrected chi connectivity index (χ3v) is 3.53. The van der Waals surface area contributed by atoms with Crippen LogP contribution in [0.2, 0.25) is 0 Å². The zero-order chi connectivity index (χ0) is 12.0. The molecule has 1 rings (SSSR count). The lowest BCUT2D eigenvalue weighted by atomic mass is 10.3. The highest BCUT2D eigenvalue weighted by Crippen LogP contribution is 2.25. The monoisotopic (exact) mass is 254 g/mol. The molecule has 0 saturated heterocycles. The number of thioether (sulfide) groups is 2. The first kappa shape index (κ1) is 13.1. The largest absolute Gasteiger partial charge is 0.382 e. The summed E-state index contributed by atoms with van der Waals surface area (Å²) in [6, 6.07) is 2.03. The summed E-state index contributed by atoms with van der Waals surface area (Å²) < 4.78 is 0. The van der Waals surface area contributed by atoms with Crippen molar-refractivity contribution in [2.24, 2.45) is 0 Å². The predicted octanol–water partition coefficient (Wildman–Crippen LogP) is 2.54. The smallest absolute Gasteiger partial charge is 0.190 e. The molecule has 2 N–H and O–H groups in total. The van der Waals surface area contributed by atoms with Crippen molar-refractivity contribution in [1.29, 1.82) is 5.26 Å². The van der Waals surface area contributed by atoms with E-state index in [2.05, 4.69) is 16.9 Å². The maximum Gasteiger partial charge on any atom is 0.190 e. The lowest BCUT2D eigenvalue weighted by molar-refractivity contribution is 0.870. The Morgan fingerprint density at radius 3 is 2.75 bits per heavy atom. The van der Waals surface area contributed by atoms with Gasteiger partial charge in [-0.2, -0.15) is 5.26 Å². The fraction of sp³-hybridized carbons (Fsp3) is 0.500. The van der Waals surface area contributed by atoms with Crippen molar-refractivity contribution in [2.75, 3.05) is 17.7 Å². The van der Waals surface area contributed by atoms with Gasteiger partial charge in [0.15, 0.2) is 5.16 Å². The molecule has 0 spiro atoms. The Bertz CT molecular complexity index is 401. The van der Waals surface area contributed by atoms with E-state index < -0.39 is 0 Å². The van der Waals surface area contributed by atoms with Crippen molar-refractivity contribution >= 4 is 29.3 Å². The van der Waals surface area contributed by atoms with Crippen LogP contribution in [0, 0.1) is 11.3 Å². The van der Waals surface area contributed by atoms with E-state index in [1.807, 2.05) is 12.3 Å². The maximum atomic E-state index is 8.91. The van der Waals surface area contributed by atoms with Crippen LogP contribution in [-0.4, -0.2) is 22.0 Å². The number of hydrogen-bond donors (Lipinski definition) is 1.